The second kappa shape index (κ2) is 5.47. The van der Waals surface area contributed by atoms with Gasteiger partial charge >= 0.3 is 5.97 Å². The summed E-state index contributed by atoms with van der Waals surface area (Å²) in [6.07, 6.45) is 0.989. The molecule has 1 rings (SSSR count). The van der Waals surface area contributed by atoms with Gasteiger partial charge in [-0.25, -0.2) is 0 Å². The van der Waals surface area contributed by atoms with Crippen LogP contribution in [0.1, 0.15) is 26.7 Å². The minimum Gasteiger partial charge on any atom is -0.462 e. The molecule has 1 aliphatic rings. The van der Waals surface area contributed by atoms with Gasteiger partial charge in [-0.2, -0.15) is 0 Å². The van der Waals surface area contributed by atoms with Crippen LogP contribution >= 0.6 is 0 Å². The van der Waals surface area contributed by atoms with Crippen molar-refractivity contribution in [3.8, 4) is 0 Å². The molecule has 0 spiro atoms. The van der Waals surface area contributed by atoms with Gasteiger partial charge in [0.1, 0.15) is 6.10 Å². The van der Waals surface area contributed by atoms with Gasteiger partial charge in [-0.1, -0.05) is 13.8 Å². The third kappa shape index (κ3) is 2.92. The van der Waals surface area contributed by atoms with Gasteiger partial charge in [0.25, 0.3) is 0 Å². The van der Waals surface area contributed by atoms with E-state index in [-0.39, 0.29) is 24.3 Å². The van der Waals surface area contributed by atoms with Crippen LogP contribution in [0.15, 0.2) is 0 Å². The number of cyclic esters (lactones) is 1. The van der Waals surface area contributed by atoms with Gasteiger partial charge < -0.3 is 14.2 Å². The van der Waals surface area contributed by atoms with E-state index in [1.54, 1.807) is 14.2 Å². The van der Waals surface area contributed by atoms with Crippen molar-refractivity contribution in [3.05, 3.63) is 0 Å². The van der Waals surface area contributed by atoms with Gasteiger partial charge in [0, 0.05) is 26.6 Å². The second-order valence-electron chi connectivity index (χ2n) is 4.17. The number of methoxy groups -OCH3 is 2. The number of carbonyl (C=O) groups is 1. The zero-order valence-corrected chi connectivity index (χ0v) is 9.86. The van der Waals surface area contributed by atoms with E-state index in [1.165, 1.54) is 0 Å². The van der Waals surface area contributed by atoms with Crippen LogP contribution in [-0.4, -0.2) is 32.6 Å². The van der Waals surface area contributed by atoms with Gasteiger partial charge in [-0.3, -0.25) is 4.79 Å². The fourth-order valence-electron chi connectivity index (χ4n) is 2.14. The van der Waals surface area contributed by atoms with Crippen molar-refractivity contribution >= 4 is 5.97 Å². The molecular weight excluding hydrogens is 196 g/mol. The summed E-state index contributed by atoms with van der Waals surface area (Å²) in [6.45, 7) is 4.08. The summed E-state index contributed by atoms with van der Waals surface area (Å²) in [5.74, 6) is 0.306. The summed E-state index contributed by atoms with van der Waals surface area (Å²) in [6, 6.07) is 0. The Labute approximate surface area is 90.9 Å². The highest BCUT2D eigenvalue weighted by atomic mass is 16.7. The number of ether oxygens (including phenoxy) is 3. The molecule has 0 aromatic heterocycles. The van der Waals surface area contributed by atoms with E-state index in [4.69, 9.17) is 14.2 Å². The van der Waals surface area contributed by atoms with Gasteiger partial charge in [-0.15, -0.1) is 0 Å². The van der Waals surface area contributed by atoms with Crippen LogP contribution in [0.2, 0.25) is 0 Å². The van der Waals surface area contributed by atoms with Crippen molar-refractivity contribution < 1.29 is 19.0 Å². The van der Waals surface area contributed by atoms with Crippen LogP contribution in [0.3, 0.4) is 0 Å². The van der Waals surface area contributed by atoms with Crippen molar-refractivity contribution in [2.24, 2.45) is 11.8 Å². The van der Waals surface area contributed by atoms with Gasteiger partial charge in [0.05, 0.1) is 0 Å². The minimum atomic E-state index is -0.316. The van der Waals surface area contributed by atoms with E-state index < -0.39 is 0 Å². The summed E-state index contributed by atoms with van der Waals surface area (Å²) in [5, 5.41) is 0. The van der Waals surface area contributed by atoms with Crippen LogP contribution in [0.5, 0.6) is 0 Å². The molecule has 0 saturated carbocycles. The minimum absolute atomic E-state index is 0.0549. The first kappa shape index (κ1) is 12.5. The van der Waals surface area contributed by atoms with Gasteiger partial charge in [-0.05, 0) is 12.3 Å². The molecule has 0 aromatic rings. The van der Waals surface area contributed by atoms with Crippen molar-refractivity contribution in [2.45, 2.75) is 39.1 Å². The molecule has 0 amide bonds. The molecule has 0 N–H and O–H groups in total. The summed E-state index contributed by atoms with van der Waals surface area (Å²) in [5.41, 5.74) is 0. The molecular formula is C11H20O4. The van der Waals surface area contributed by atoms with E-state index >= 15 is 0 Å². The number of esters is 1. The van der Waals surface area contributed by atoms with Crippen molar-refractivity contribution in [1.82, 2.24) is 0 Å². The maximum absolute atomic E-state index is 11.2. The average molecular weight is 216 g/mol. The lowest BCUT2D eigenvalue weighted by molar-refractivity contribution is -0.189. The van der Waals surface area contributed by atoms with Crippen LogP contribution in [0, 0.1) is 11.8 Å². The zero-order valence-electron chi connectivity index (χ0n) is 9.86. The molecule has 4 heteroatoms. The van der Waals surface area contributed by atoms with Crippen LogP contribution < -0.4 is 0 Å². The highest BCUT2D eigenvalue weighted by Gasteiger charge is 2.36. The lowest BCUT2D eigenvalue weighted by atomic mass is 9.87. The Morgan fingerprint density at radius 3 is 2.53 bits per heavy atom. The second-order valence-corrected chi connectivity index (χ2v) is 4.17. The standard InChI is InChI=1S/C11H20O4/c1-7-5-6-9(12)15-10(7)8(2)11(13-3)14-4/h7-8,10-11H,5-6H2,1-4H3/t7-,8+,10-/m0/s1. The largest absolute Gasteiger partial charge is 0.462 e. The van der Waals surface area contributed by atoms with Crippen molar-refractivity contribution in [3.63, 3.8) is 0 Å². The van der Waals surface area contributed by atoms with E-state index in [0.29, 0.717) is 12.3 Å². The van der Waals surface area contributed by atoms with E-state index in [1.807, 2.05) is 6.92 Å². The first-order valence-corrected chi connectivity index (χ1v) is 5.35. The number of hydrogen-bond acceptors (Lipinski definition) is 4. The summed E-state index contributed by atoms with van der Waals surface area (Å²) in [4.78, 5) is 11.2. The SMILES string of the molecule is COC(OC)[C@H](C)[C@H]1OC(=O)CC[C@@H]1C. The van der Waals surface area contributed by atoms with E-state index in [0.717, 1.165) is 6.42 Å². The third-order valence-electron chi connectivity index (χ3n) is 3.04. The van der Waals surface area contributed by atoms with Crippen molar-refractivity contribution in [2.75, 3.05) is 14.2 Å². The Morgan fingerprint density at radius 2 is 2.00 bits per heavy atom. The molecule has 0 aromatic carbocycles. The smallest absolute Gasteiger partial charge is 0.306 e. The maximum atomic E-state index is 11.2. The predicted octanol–water partition coefficient (Wildman–Crippen LogP) is 1.58. The van der Waals surface area contributed by atoms with Gasteiger partial charge in [0.15, 0.2) is 6.29 Å². The summed E-state index contributed by atoms with van der Waals surface area (Å²) in [7, 11) is 3.19. The molecule has 1 heterocycles. The molecule has 1 aliphatic heterocycles. The Hall–Kier alpha value is -0.610. The fraction of sp³-hybridized carbons (Fsp3) is 0.909. The molecule has 15 heavy (non-hydrogen) atoms. The molecule has 1 fully saturated rings. The Kier molecular flexibility index (Phi) is 4.54. The molecule has 4 nitrogen and oxygen atoms in total. The first-order valence-electron chi connectivity index (χ1n) is 5.35. The molecule has 0 bridgehead atoms. The zero-order chi connectivity index (χ0) is 11.4. The molecule has 0 radical (unpaired) electrons. The highest BCUT2D eigenvalue weighted by molar-refractivity contribution is 5.70. The van der Waals surface area contributed by atoms with Crippen LogP contribution in [0.25, 0.3) is 0 Å². The van der Waals surface area contributed by atoms with Crippen LogP contribution in [0.4, 0.5) is 0 Å². The normalized spacial score (nSPS) is 29.0. The summed E-state index contributed by atoms with van der Waals surface area (Å²) < 4.78 is 15.7. The Balaban J connectivity index is 2.62. The lowest BCUT2D eigenvalue weighted by Gasteiger charge is -2.35. The van der Waals surface area contributed by atoms with E-state index in [2.05, 4.69) is 6.92 Å². The van der Waals surface area contributed by atoms with E-state index in [9.17, 15) is 4.79 Å². The number of hydrogen-bond donors (Lipinski definition) is 0. The predicted molar refractivity (Wildman–Crippen MR) is 55.2 cm³/mol. The lowest BCUT2D eigenvalue weighted by Crippen LogP contribution is -2.42. The molecule has 88 valence electrons. The molecule has 1 saturated heterocycles. The van der Waals surface area contributed by atoms with Gasteiger partial charge in [0.2, 0.25) is 0 Å². The topological polar surface area (TPSA) is 44.8 Å². The monoisotopic (exact) mass is 216 g/mol. The first-order chi connectivity index (χ1) is 7.10. The van der Waals surface area contributed by atoms with Crippen LogP contribution in [-0.2, 0) is 19.0 Å². The average Bonchev–Trinajstić information content (AvgIpc) is 2.23. The molecule has 0 aliphatic carbocycles. The Bertz CT molecular complexity index is 213. The Morgan fingerprint density at radius 1 is 1.40 bits per heavy atom. The fourth-order valence-corrected chi connectivity index (χ4v) is 2.14. The summed E-state index contributed by atoms with van der Waals surface area (Å²) >= 11 is 0. The van der Waals surface area contributed by atoms with Crippen molar-refractivity contribution in [1.29, 1.82) is 0 Å². The number of rotatable bonds is 4. The molecule has 3 atom stereocenters. The third-order valence-corrected chi connectivity index (χ3v) is 3.04. The molecule has 0 unspecified atom stereocenters. The highest BCUT2D eigenvalue weighted by Crippen LogP contribution is 2.29. The number of carbonyl (C=O) groups excluding carboxylic acids is 1. The quantitative estimate of drug-likeness (QED) is 0.528. The maximum Gasteiger partial charge on any atom is 0.306 e.